The first kappa shape index (κ1) is 16.1. The Morgan fingerprint density at radius 3 is 2.57 bits per heavy atom. The van der Waals surface area contributed by atoms with Gasteiger partial charge in [-0.05, 0) is 31.0 Å². The fourth-order valence-electron chi connectivity index (χ4n) is 2.54. The summed E-state index contributed by atoms with van der Waals surface area (Å²) >= 11 is 5.79. The first-order valence-electron chi connectivity index (χ1n) is 6.95. The molecular formula is C14H19ClN2O3S. The number of halogens is 1. The van der Waals surface area contributed by atoms with Gasteiger partial charge in [0.1, 0.15) is 5.75 Å². The van der Waals surface area contributed by atoms with Crippen molar-refractivity contribution in [3.8, 4) is 0 Å². The SMILES string of the molecule is Nc1cc(NC(=O)CS(=O)(=O)C2CCCCC2)ccc1Cl. The maximum atomic E-state index is 12.2. The minimum Gasteiger partial charge on any atom is -0.397 e. The average Bonchev–Trinajstić information content (AvgIpc) is 2.43. The van der Waals surface area contributed by atoms with Gasteiger partial charge in [0, 0.05) is 5.69 Å². The Morgan fingerprint density at radius 1 is 1.29 bits per heavy atom. The van der Waals surface area contributed by atoms with Crippen molar-refractivity contribution in [3.05, 3.63) is 23.2 Å². The molecule has 1 aromatic rings. The van der Waals surface area contributed by atoms with E-state index in [1.54, 1.807) is 12.1 Å². The molecule has 5 nitrogen and oxygen atoms in total. The summed E-state index contributed by atoms with van der Waals surface area (Å²) in [6.45, 7) is 0. The van der Waals surface area contributed by atoms with Crippen molar-refractivity contribution in [3.63, 3.8) is 0 Å². The minimum atomic E-state index is -3.39. The summed E-state index contributed by atoms with van der Waals surface area (Å²) in [6.07, 6.45) is 4.22. The van der Waals surface area contributed by atoms with Crippen molar-refractivity contribution in [1.82, 2.24) is 0 Å². The summed E-state index contributed by atoms with van der Waals surface area (Å²) in [5, 5.41) is 2.56. The van der Waals surface area contributed by atoms with Crippen LogP contribution in [0.3, 0.4) is 0 Å². The molecule has 0 atom stereocenters. The Balaban J connectivity index is 1.98. The van der Waals surface area contributed by atoms with E-state index in [1.807, 2.05) is 0 Å². The maximum absolute atomic E-state index is 12.2. The van der Waals surface area contributed by atoms with Gasteiger partial charge in [0.25, 0.3) is 0 Å². The number of carbonyl (C=O) groups excluding carboxylic acids is 1. The van der Waals surface area contributed by atoms with Crippen LogP contribution in [0.2, 0.25) is 5.02 Å². The van der Waals surface area contributed by atoms with Gasteiger partial charge in [-0.1, -0.05) is 30.9 Å². The monoisotopic (exact) mass is 330 g/mol. The topological polar surface area (TPSA) is 89.3 Å². The van der Waals surface area contributed by atoms with E-state index >= 15 is 0 Å². The molecule has 21 heavy (non-hydrogen) atoms. The highest BCUT2D eigenvalue weighted by atomic mass is 35.5. The molecule has 0 saturated heterocycles. The molecule has 0 spiro atoms. The van der Waals surface area contributed by atoms with Crippen molar-refractivity contribution in [1.29, 1.82) is 0 Å². The van der Waals surface area contributed by atoms with Crippen LogP contribution in [0.1, 0.15) is 32.1 Å². The number of anilines is 2. The molecule has 0 heterocycles. The van der Waals surface area contributed by atoms with Crippen LogP contribution in [0, 0.1) is 0 Å². The molecule has 0 unspecified atom stereocenters. The lowest BCUT2D eigenvalue weighted by Gasteiger charge is -2.21. The summed E-state index contributed by atoms with van der Waals surface area (Å²) < 4.78 is 24.4. The van der Waals surface area contributed by atoms with Gasteiger partial charge in [0.15, 0.2) is 9.84 Å². The standard InChI is InChI=1S/C14H19ClN2O3S/c15-12-7-6-10(8-13(12)16)17-14(18)9-21(19,20)11-4-2-1-3-5-11/h6-8,11H,1-5,9,16H2,(H,17,18). The number of amides is 1. The smallest absolute Gasteiger partial charge is 0.239 e. The molecule has 1 aliphatic carbocycles. The van der Waals surface area contributed by atoms with Crippen LogP contribution in [0.5, 0.6) is 0 Å². The molecular weight excluding hydrogens is 312 g/mol. The van der Waals surface area contributed by atoms with Crippen LogP contribution in [-0.4, -0.2) is 25.3 Å². The number of nitrogens with two attached hydrogens (primary N) is 1. The fraction of sp³-hybridized carbons (Fsp3) is 0.500. The van der Waals surface area contributed by atoms with E-state index in [2.05, 4.69) is 5.32 Å². The molecule has 0 radical (unpaired) electrons. The number of benzene rings is 1. The van der Waals surface area contributed by atoms with Crippen molar-refractivity contribution >= 4 is 38.7 Å². The lowest BCUT2D eigenvalue weighted by molar-refractivity contribution is -0.113. The molecule has 3 N–H and O–H groups in total. The average molecular weight is 331 g/mol. The Kier molecular flexibility index (Phi) is 5.11. The first-order valence-corrected chi connectivity index (χ1v) is 9.04. The van der Waals surface area contributed by atoms with Crippen molar-refractivity contribution in [2.75, 3.05) is 16.8 Å². The molecule has 2 rings (SSSR count). The highest BCUT2D eigenvalue weighted by Gasteiger charge is 2.29. The molecule has 0 aromatic heterocycles. The fourth-order valence-corrected chi connectivity index (χ4v) is 4.39. The Bertz CT molecular complexity index is 625. The summed E-state index contributed by atoms with van der Waals surface area (Å²) in [7, 11) is -3.39. The Hall–Kier alpha value is -1.27. The first-order chi connectivity index (χ1) is 9.88. The number of nitrogens with one attached hydrogen (secondary N) is 1. The van der Waals surface area contributed by atoms with Gasteiger partial charge in [-0.2, -0.15) is 0 Å². The number of carbonyl (C=O) groups is 1. The second kappa shape index (κ2) is 6.66. The molecule has 1 fully saturated rings. The van der Waals surface area contributed by atoms with Gasteiger partial charge in [0.05, 0.1) is 16.0 Å². The molecule has 0 bridgehead atoms. The third-order valence-electron chi connectivity index (χ3n) is 3.67. The highest BCUT2D eigenvalue weighted by Crippen LogP contribution is 2.25. The van der Waals surface area contributed by atoms with E-state index in [1.165, 1.54) is 6.07 Å². The zero-order valence-electron chi connectivity index (χ0n) is 11.6. The van der Waals surface area contributed by atoms with Crippen LogP contribution in [0.25, 0.3) is 0 Å². The normalized spacial score (nSPS) is 16.6. The van der Waals surface area contributed by atoms with E-state index < -0.39 is 21.5 Å². The lowest BCUT2D eigenvalue weighted by atomic mass is 10.0. The van der Waals surface area contributed by atoms with E-state index in [4.69, 9.17) is 17.3 Å². The van der Waals surface area contributed by atoms with Gasteiger partial charge in [-0.3, -0.25) is 4.79 Å². The van der Waals surface area contributed by atoms with Gasteiger partial charge in [0.2, 0.25) is 5.91 Å². The van der Waals surface area contributed by atoms with Crippen molar-refractivity contribution < 1.29 is 13.2 Å². The zero-order valence-corrected chi connectivity index (χ0v) is 13.2. The predicted molar refractivity (Wildman–Crippen MR) is 85.2 cm³/mol. The molecule has 1 aromatic carbocycles. The van der Waals surface area contributed by atoms with E-state index in [0.717, 1.165) is 19.3 Å². The van der Waals surface area contributed by atoms with Crippen LogP contribution < -0.4 is 11.1 Å². The predicted octanol–water partition coefficient (Wildman–Crippen LogP) is 2.61. The van der Waals surface area contributed by atoms with Gasteiger partial charge in [-0.15, -0.1) is 0 Å². The number of nitrogen functional groups attached to an aromatic ring is 1. The minimum absolute atomic E-state index is 0.338. The molecule has 1 aliphatic rings. The largest absolute Gasteiger partial charge is 0.397 e. The Labute approximate surface area is 129 Å². The van der Waals surface area contributed by atoms with Gasteiger partial charge < -0.3 is 11.1 Å². The summed E-state index contributed by atoms with van der Waals surface area (Å²) in [5.74, 6) is -1.03. The number of sulfone groups is 1. The quantitative estimate of drug-likeness (QED) is 0.830. The number of hydrogen-bond donors (Lipinski definition) is 2. The van der Waals surface area contributed by atoms with Crippen molar-refractivity contribution in [2.45, 2.75) is 37.4 Å². The highest BCUT2D eigenvalue weighted by molar-refractivity contribution is 7.92. The Morgan fingerprint density at radius 2 is 1.95 bits per heavy atom. The van der Waals surface area contributed by atoms with Gasteiger partial charge in [-0.25, -0.2) is 8.42 Å². The van der Waals surface area contributed by atoms with Crippen molar-refractivity contribution in [2.24, 2.45) is 0 Å². The van der Waals surface area contributed by atoms with Crippen LogP contribution in [-0.2, 0) is 14.6 Å². The number of hydrogen-bond acceptors (Lipinski definition) is 4. The van der Waals surface area contributed by atoms with E-state index in [-0.39, 0.29) is 5.25 Å². The zero-order chi connectivity index (χ0) is 15.5. The molecule has 0 aliphatic heterocycles. The third kappa shape index (κ3) is 4.35. The summed E-state index contributed by atoms with van der Waals surface area (Å²) in [5.41, 5.74) is 6.42. The molecule has 7 heteroatoms. The molecule has 116 valence electrons. The van der Waals surface area contributed by atoms with E-state index in [9.17, 15) is 13.2 Å². The summed E-state index contributed by atoms with van der Waals surface area (Å²) in [6, 6.07) is 4.65. The summed E-state index contributed by atoms with van der Waals surface area (Å²) in [4.78, 5) is 11.9. The molecule has 1 amide bonds. The van der Waals surface area contributed by atoms with Crippen LogP contribution >= 0.6 is 11.6 Å². The lowest BCUT2D eigenvalue weighted by Crippen LogP contribution is -2.32. The second-order valence-corrected chi connectivity index (χ2v) is 8.04. The van der Waals surface area contributed by atoms with Crippen LogP contribution in [0.15, 0.2) is 18.2 Å². The third-order valence-corrected chi connectivity index (χ3v) is 6.17. The number of rotatable bonds is 4. The molecule has 1 saturated carbocycles. The second-order valence-electron chi connectivity index (χ2n) is 5.35. The maximum Gasteiger partial charge on any atom is 0.239 e. The van der Waals surface area contributed by atoms with Crippen LogP contribution in [0.4, 0.5) is 11.4 Å². The van der Waals surface area contributed by atoms with Gasteiger partial charge >= 0.3 is 0 Å². The van der Waals surface area contributed by atoms with E-state index in [0.29, 0.717) is 29.2 Å².